The van der Waals surface area contributed by atoms with Crippen LogP contribution in [0, 0.1) is 13.8 Å². The minimum Gasteiger partial charge on any atom is -0.388 e. The standard InChI is InChI=1S/C19H23N5O/c1-11-10-12(2)21-17-14(11)16(20)23-18(24-17)22-15(19(3,4)25)13-8-6-5-7-9-13/h5-10,15,25H,1-4H3,(H3,20,21,22,23,24). The highest BCUT2D eigenvalue weighted by atomic mass is 16.3. The third-order valence-corrected chi connectivity index (χ3v) is 4.13. The third-order valence-electron chi connectivity index (χ3n) is 4.13. The van der Waals surface area contributed by atoms with Gasteiger partial charge in [0.05, 0.1) is 17.0 Å². The molecule has 3 rings (SSSR count). The van der Waals surface area contributed by atoms with Gasteiger partial charge in [0.15, 0.2) is 5.65 Å². The summed E-state index contributed by atoms with van der Waals surface area (Å²) in [5.41, 5.74) is 8.47. The normalized spacial score (nSPS) is 13.0. The predicted octanol–water partition coefficient (Wildman–Crippen LogP) is 3.15. The van der Waals surface area contributed by atoms with Crippen molar-refractivity contribution < 1.29 is 5.11 Å². The summed E-state index contributed by atoms with van der Waals surface area (Å²) in [6.07, 6.45) is 0. The number of hydrogen-bond acceptors (Lipinski definition) is 6. The molecule has 0 bridgehead atoms. The van der Waals surface area contributed by atoms with Crippen molar-refractivity contribution in [2.75, 3.05) is 11.1 Å². The van der Waals surface area contributed by atoms with Gasteiger partial charge in [0.2, 0.25) is 5.95 Å². The van der Waals surface area contributed by atoms with Gasteiger partial charge in [0.1, 0.15) is 5.82 Å². The van der Waals surface area contributed by atoms with Crippen molar-refractivity contribution in [1.29, 1.82) is 0 Å². The summed E-state index contributed by atoms with van der Waals surface area (Å²) in [7, 11) is 0. The Hall–Kier alpha value is -2.73. The number of nitrogen functional groups attached to an aromatic ring is 1. The lowest BCUT2D eigenvalue weighted by Crippen LogP contribution is -2.35. The van der Waals surface area contributed by atoms with E-state index in [1.807, 2.05) is 50.2 Å². The number of nitrogens with two attached hydrogens (primary N) is 1. The van der Waals surface area contributed by atoms with Gasteiger partial charge >= 0.3 is 0 Å². The van der Waals surface area contributed by atoms with Crippen LogP contribution in [0.3, 0.4) is 0 Å². The van der Waals surface area contributed by atoms with E-state index < -0.39 is 11.6 Å². The first-order chi connectivity index (χ1) is 11.8. The number of aliphatic hydroxyl groups is 1. The van der Waals surface area contributed by atoms with Gasteiger partial charge in [0.25, 0.3) is 0 Å². The maximum atomic E-state index is 10.6. The molecule has 2 heterocycles. The van der Waals surface area contributed by atoms with Crippen LogP contribution >= 0.6 is 0 Å². The molecule has 0 amide bonds. The molecular weight excluding hydrogens is 314 g/mol. The summed E-state index contributed by atoms with van der Waals surface area (Å²) < 4.78 is 0. The Kier molecular flexibility index (Phi) is 4.30. The molecule has 3 aromatic rings. The molecule has 6 nitrogen and oxygen atoms in total. The predicted molar refractivity (Wildman–Crippen MR) is 100 cm³/mol. The second-order valence-electron chi connectivity index (χ2n) is 6.85. The van der Waals surface area contributed by atoms with Crippen molar-refractivity contribution in [3.8, 4) is 0 Å². The first kappa shape index (κ1) is 17.1. The van der Waals surface area contributed by atoms with Crippen molar-refractivity contribution in [3.05, 3.63) is 53.2 Å². The zero-order valence-corrected chi connectivity index (χ0v) is 14.9. The molecule has 130 valence electrons. The topological polar surface area (TPSA) is 97.0 Å². The van der Waals surface area contributed by atoms with Gasteiger partial charge in [-0.2, -0.15) is 9.97 Å². The van der Waals surface area contributed by atoms with E-state index in [9.17, 15) is 5.11 Å². The highest BCUT2D eigenvalue weighted by Crippen LogP contribution is 2.30. The smallest absolute Gasteiger partial charge is 0.227 e. The first-order valence-corrected chi connectivity index (χ1v) is 8.21. The van der Waals surface area contributed by atoms with E-state index in [0.29, 0.717) is 17.4 Å². The van der Waals surface area contributed by atoms with E-state index in [0.717, 1.165) is 22.2 Å². The first-order valence-electron chi connectivity index (χ1n) is 8.21. The van der Waals surface area contributed by atoms with Gasteiger partial charge < -0.3 is 16.2 Å². The Morgan fingerprint density at radius 1 is 1.08 bits per heavy atom. The van der Waals surface area contributed by atoms with Crippen LogP contribution in [0.1, 0.15) is 36.7 Å². The number of aryl methyl sites for hydroxylation is 2. The molecule has 1 unspecified atom stereocenters. The molecular formula is C19H23N5O. The van der Waals surface area contributed by atoms with Crippen LogP contribution < -0.4 is 11.1 Å². The fourth-order valence-electron chi connectivity index (χ4n) is 3.02. The summed E-state index contributed by atoms with van der Waals surface area (Å²) in [5, 5.41) is 14.6. The molecule has 0 fully saturated rings. The SMILES string of the molecule is Cc1cc(C)c2c(N)nc(NC(c3ccccc3)C(C)(C)O)nc2n1. The summed E-state index contributed by atoms with van der Waals surface area (Å²) in [5.74, 6) is 0.721. The van der Waals surface area contributed by atoms with Crippen LogP contribution in [0.5, 0.6) is 0 Å². The third kappa shape index (κ3) is 3.53. The zero-order chi connectivity index (χ0) is 18.2. The van der Waals surface area contributed by atoms with Gasteiger partial charge in [-0.05, 0) is 44.9 Å². The van der Waals surface area contributed by atoms with Crippen LogP contribution in [0.2, 0.25) is 0 Å². The fraction of sp³-hybridized carbons (Fsp3) is 0.316. The Bertz CT molecular complexity index is 903. The highest BCUT2D eigenvalue weighted by Gasteiger charge is 2.29. The van der Waals surface area contributed by atoms with Gasteiger partial charge in [-0.1, -0.05) is 30.3 Å². The van der Waals surface area contributed by atoms with E-state index in [1.54, 1.807) is 13.8 Å². The minimum atomic E-state index is -1.02. The van der Waals surface area contributed by atoms with Crippen molar-refractivity contribution in [2.45, 2.75) is 39.3 Å². The molecule has 0 radical (unpaired) electrons. The Morgan fingerprint density at radius 3 is 2.40 bits per heavy atom. The number of fused-ring (bicyclic) bond motifs is 1. The summed E-state index contributed by atoms with van der Waals surface area (Å²) in [4.78, 5) is 13.4. The molecule has 25 heavy (non-hydrogen) atoms. The maximum absolute atomic E-state index is 10.6. The molecule has 2 aromatic heterocycles. The molecule has 1 atom stereocenters. The number of rotatable bonds is 4. The zero-order valence-electron chi connectivity index (χ0n) is 14.9. The van der Waals surface area contributed by atoms with Gasteiger partial charge in [0, 0.05) is 5.69 Å². The van der Waals surface area contributed by atoms with Gasteiger partial charge in [-0.25, -0.2) is 4.98 Å². The van der Waals surface area contributed by atoms with Gasteiger partial charge in [-0.3, -0.25) is 0 Å². The van der Waals surface area contributed by atoms with Crippen molar-refractivity contribution in [1.82, 2.24) is 15.0 Å². The van der Waals surface area contributed by atoms with Crippen LogP contribution in [0.25, 0.3) is 11.0 Å². The fourth-order valence-corrected chi connectivity index (χ4v) is 3.02. The monoisotopic (exact) mass is 337 g/mol. The number of aromatic nitrogens is 3. The number of nitrogens with one attached hydrogen (secondary N) is 1. The Labute approximate surface area is 147 Å². The quantitative estimate of drug-likeness (QED) is 0.677. The molecule has 0 aliphatic carbocycles. The lowest BCUT2D eigenvalue weighted by Gasteiger charge is -2.30. The molecule has 0 aliphatic rings. The number of benzene rings is 1. The second kappa shape index (κ2) is 6.29. The summed E-state index contributed by atoms with van der Waals surface area (Å²) in [6, 6.07) is 11.3. The molecule has 6 heteroatoms. The van der Waals surface area contributed by atoms with Crippen LogP contribution in [0.15, 0.2) is 36.4 Å². The van der Waals surface area contributed by atoms with Crippen molar-refractivity contribution >= 4 is 22.8 Å². The van der Waals surface area contributed by atoms with Crippen molar-refractivity contribution in [2.24, 2.45) is 0 Å². The number of pyridine rings is 1. The largest absolute Gasteiger partial charge is 0.388 e. The van der Waals surface area contributed by atoms with Crippen LogP contribution in [0.4, 0.5) is 11.8 Å². The van der Waals surface area contributed by atoms with E-state index in [-0.39, 0.29) is 0 Å². The van der Waals surface area contributed by atoms with Crippen LogP contribution in [-0.4, -0.2) is 25.7 Å². The lowest BCUT2D eigenvalue weighted by atomic mass is 9.92. The molecule has 0 aliphatic heterocycles. The second-order valence-corrected chi connectivity index (χ2v) is 6.85. The Morgan fingerprint density at radius 2 is 1.76 bits per heavy atom. The summed E-state index contributed by atoms with van der Waals surface area (Å²) >= 11 is 0. The van der Waals surface area contributed by atoms with E-state index in [1.165, 1.54) is 0 Å². The summed E-state index contributed by atoms with van der Waals surface area (Å²) in [6.45, 7) is 7.37. The number of anilines is 2. The Balaban J connectivity index is 2.06. The number of hydrogen-bond donors (Lipinski definition) is 3. The van der Waals surface area contributed by atoms with Crippen molar-refractivity contribution in [3.63, 3.8) is 0 Å². The number of nitrogens with zero attached hydrogens (tertiary/aromatic N) is 3. The van der Waals surface area contributed by atoms with E-state index in [4.69, 9.17) is 5.73 Å². The molecule has 1 aromatic carbocycles. The highest BCUT2D eigenvalue weighted by molar-refractivity contribution is 5.89. The molecule has 0 saturated carbocycles. The molecule has 0 saturated heterocycles. The van der Waals surface area contributed by atoms with Gasteiger partial charge in [-0.15, -0.1) is 0 Å². The minimum absolute atomic E-state index is 0.346. The molecule has 0 spiro atoms. The lowest BCUT2D eigenvalue weighted by molar-refractivity contribution is 0.0586. The molecule has 4 N–H and O–H groups in total. The average Bonchev–Trinajstić information content (AvgIpc) is 2.51. The van der Waals surface area contributed by atoms with Crippen LogP contribution in [-0.2, 0) is 0 Å². The average molecular weight is 337 g/mol. The van der Waals surface area contributed by atoms with E-state index >= 15 is 0 Å². The van der Waals surface area contributed by atoms with E-state index in [2.05, 4.69) is 20.3 Å². The maximum Gasteiger partial charge on any atom is 0.227 e.